The lowest BCUT2D eigenvalue weighted by molar-refractivity contribution is 0.126. The first-order valence-corrected chi connectivity index (χ1v) is 7.77. The van der Waals surface area contributed by atoms with Gasteiger partial charge in [0.05, 0.1) is 11.9 Å². The van der Waals surface area contributed by atoms with Crippen molar-refractivity contribution in [1.82, 2.24) is 14.7 Å². The predicted octanol–water partition coefficient (Wildman–Crippen LogP) is 2.29. The summed E-state index contributed by atoms with van der Waals surface area (Å²) in [7, 11) is 0. The number of rotatable bonds is 4. The highest BCUT2D eigenvalue weighted by atomic mass is 15.3. The zero-order valence-corrected chi connectivity index (χ0v) is 12.7. The van der Waals surface area contributed by atoms with Gasteiger partial charge in [0.25, 0.3) is 0 Å². The lowest BCUT2D eigenvalue weighted by atomic mass is 9.87. The van der Waals surface area contributed by atoms with Gasteiger partial charge in [-0.05, 0) is 43.5 Å². The quantitative estimate of drug-likeness (QED) is 0.937. The smallest absolute Gasteiger partial charge is 0.0645 e. The molecule has 112 valence electrons. The van der Waals surface area contributed by atoms with Gasteiger partial charge >= 0.3 is 0 Å². The fraction of sp³-hybridized carbons (Fsp3) is 0.471. The summed E-state index contributed by atoms with van der Waals surface area (Å²) in [5.74, 6) is 1.38. The van der Waals surface area contributed by atoms with Crippen molar-refractivity contribution in [3.05, 3.63) is 48.3 Å². The van der Waals surface area contributed by atoms with Crippen LogP contribution in [0.25, 0.3) is 5.69 Å². The molecule has 2 unspecified atom stereocenters. The van der Waals surface area contributed by atoms with Crippen molar-refractivity contribution in [2.75, 3.05) is 19.6 Å². The summed E-state index contributed by atoms with van der Waals surface area (Å²) in [5, 5.41) is 4.47. The molecule has 1 aliphatic rings. The average molecular weight is 284 g/mol. The molecule has 0 aliphatic carbocycles. The second kappa shape index (κ2) is 6.41. The predicted molar refractivity (Wildman–Crippen MR) is 85.2 cm³/mol. The van der Waals surface area contributed by atoms with E-state index in [0.717, 1.165) is 37.8 Å². The highest BCUT2D eigenvalue weighted by molar-refractivity contribution is 5.30. The van der Waals surface area contributed by atoms with Gasteiger partial charge in [0, 0.05) is 24.8 Å². The van der Waals surface area contributed by atoms with Crippen LogP contribution in [0, 0.1) is 11.8 Å². The Morgan fingerprint density at radius 3 is 2.86 bits per heavy atom. The number of hydrogen-bond acceptors (Lipinski definition) is 3. The van der Waals surface area contributed by atoms with E-state index in [4.69, 9.17) is 5.73 Å². The van der Waals surface area contributed by atoms with Gasteiger partial charge < -0.3 is 5.73 Å². The van der Waals surface area contributed by atoms with Crippen LogP contribution in [0.15, 0.2) is 42.7 Å². The van der Waals surface area contributed by atoms with Crippen molar-refractivity contribution >= 4 is 0 Å². The van der Waals surface area contributed by atoms with Gasteiger partial charge in [-0.2, -0.15) is 5.10 Å². The van der Waals surface area contributed by atoms with E-state index in [0.29, 0.717) is 5.92 Å². The largest absolute Gasteiger partial charge is 0.330 e. The Hall–Kier alpha value is -1.65. The average Bonchev–Trinajstić information content (AvgIpc) is 2.98. The Morgan fingerprint density at radius 2 is 2.10 bits per heavy atom. The van der Waals surface area contributed by atoms with E-state index in [-0.39, 0.29) is 0 Å². The normalized spacial score (nSPS) is 23.3. The van der Waals surface area contributed by atoms with Gasteiger partial charge in [0.1, 0.15) is 0 Å². The van der Waals surface area contributed by atoms with Crippen LogP contribution in [0.2, 0.25) is 0 Å². The minimum Gasteiger partial charge on any atom is -0.330 e. The number of nitrogens with two attached hydrogens (primary N) is 1. The molecule has 0 spiro atoms. The molecule has 0 bridgehead atoms. The first kappa shape index (κ1) is 14.3. The molecule has 2 atom stereocenters. The molecule has 3 rings (SSSR count). The minimum atomic E-state index is 0.628. The number of para-hydroxylation sites is 1. The number of aromatic nitrogens is 2. The van der Waals surface area contributed by atoms with E-state index in [1.165, 1.54) is 12.0 Å². The highest BCUT2D eigenvalue weighted by Crippen LogP contribution is 2.23. The fourth-order valence-electron chi connectivity index (χ4n) is 3.10. The molecular weight excluding hydrogens is 260 g/mol. The number of benzene rings is 1. The molecule has 0 saturated carbocycles. The summed E-state index contributed by atoms with van der Waals surface area (Å²) >= 11 is 0. The molecule has 0 amide bonds. The zero-order chi connectivity index (χ0) is 14.7. The van der Waals surface area contributed by atoms with Crippen molar-refractivity contribution in [2.45, 2.75) is 19.9 Å². The number of likely N-dealkylation sites (tertiary alicyclic amines) is 1. The van der Waals surface area contributed by atoms with Gasteiger partial charge in [-0.1, -0.05) is 25.1 Å². The van der Waals surface area contributed by atoms with Gasteiger partial charge in [-0.15, -0.1) is 0 Å². The summed E-state index contributed by atoms with van der Waals surface area (Å²) in [6.07, 6.45) is 5.35. The standard InChI is InChI=1S/C17H24N4/c1-14-7-8-20(13-16(14)9-18)11-15-10-19-21(12-15)17-5-3-2-4-6-17/h2-6,10,12,14,16H,7-9,11,13,18H2,1H3. The Kier molecular flexibility index (Phi) is 4.36. The number of piperidine rings is 1. The topological polar surface area (TPSA) is 47.1 Å². The molecule has 0 radical (unpaired) electrons. The van der Waals surface area contributed by atoms with Crippen molar-refractivity contribution in [1.29, 1.82) is 0 Å². The Balaban J connectivity index is 1.65. The molecule has 1 fully saturated rings. The van der Waals surface area contributed by atoms with E-state index >= 15 is 0 Å². The van der Waals surface area contributed by atoms with Crippen LogP contribution < -0.4 is 5.73 Å². The van der Waals surface area contributed by atoms with E-state index in [2.05, 4.69) is 35.3 Å². The fourth-order valence-corrected chi connectivity index (χ4v) is 3.10. The SMILES string of the molecule is CC1CCN(Cc2cnn(-c3ccccc3)c2)CC1CN. The summed E-state index contributed by atoms with van der Waals surface area (Å²) in [6.45, 7) is 6.35. The van der Waals surface area contributed by atoms with Crippen molar-refractivity contribution in [3.8, 4) is 5.69 Å². The zero-order valence-electron chi connectivity index (χ0n) is 12.7. The van der Waals surface area contributed by atoms with Crippen molar-refractivity contribution < 1.29 is 0 Å². The van der Waals surface area contributed by atoms with Crippen LogP contribution in [-0.2, 0) is 6.54 Å². The molecular formula is C17H24N4. The van der Waals surface area contributed by atoms with Gasteiger partial charge in [-0.25, -0.2) is 4.68 Å². The number of hydrogen-bond donors (Lipinski definition) is 1. The molecule has 2 heterocycles. The molecule has 2 aromatic rings. The summed E-state index contributed by atoms with van der Waals surface area (Å²) in [6, 6.07) is 10.2. The molecule has 1 aromatic carbocycles. The second-order valence-electron chi connectivity index (χ2n) is 6.13. The van der Waals surface area contributed by atoms with Gasteiger partial charge in [0.2, 0.25) is 0 Å². The maximum Gasteiger partial charge on any atom is 0.0645 e. The monoisotopic (exact) mass is 284 g/mol. The van der Waals surface area contributed by atoms with Gasteiger partial charge in [0.15, 0.2) is 0 Å². The first-order chi connectivity index (χ1) is 10.3. The summed E-state index contributed by atoms with van der Waals surface area (Å²) in [4.78, 5) is 2.50. The van der Waals surface area contributed by atoms with Crippen molar-refractivity contribution in [2.24, 2.45) is 17.6 Å². The third-order valence-corrected chi connectivity index (χ3v) is 4.56. The van der Waals surface area contributed by atoms with E-state index in [9.17, 15) is 0 Å². The van der Waals surface area contributed by atoms with E-state index < -0.39 is 0 Å². The van der Waals surface area contributed by atoms with Crippen LogP contribution in [0.3, 0.4) is 0 Å². The molecule has 1 saturated heterocycles. The highest BCUT2D eigenvalue weighted by Gasteiger charge is 2.25. The summed E-state index contributed by atoms with van der Waals surface area (Å²) in [5.41, 5.74) is 8.26. The third kappa shape index (κ3) is 3.34. The van der Waals surface area contributed by atoms with Crippen LogP contribution in [0.5, 0.6) is 0 Å². The van der Waals surface area contributed by atoms with Crippen LogP contribution in [-0.4, -0.2) is 34.3 Å². The molecule has 4 nitrogen and oxygen atoms in total. The van der Waals surface area contributed by atoms with Crippen LogP contribution in [0.4, 0.5) is 0 Å². The Bertz CT molecular complexity index is 563. The minimum absolute atomic E-state index is 0.628. The van der Waals surface area contributed by atoms with E-state index in [1.54, 1.807) is 0 Å². The lowest BCUT2D eigenvalue weighted by Crippen LogP contribution is -2.42. The Labute approximate surface area is 126 Å². The molecule has 1 aromatic heterocycles. The maximum absolute atomic E-state index is 5.89. The second-order valence-corrected chi connectivity index (χ2v) is 6.13. The van der Waals surface area contributed by atoms with Gasteiger partial charge in [-0.3, -0.25) is 4.90 Å². The maximum atomic E-state index is 5.89. The molecule has 2 N–H and O–H groups in total. The molecule has 21 heavy (non-hydrogen) atoms. The molecule has 4 heteroatoms. The Morgan fingerprint density at radius 1 is 1.29 bits per heavy atom. The van der Waals surface area contributed by atoms with E-state index in [1.807, 2.05) is 29.1 Å². The molecule has 1 aliphatic heterocycles. The van der Waals surface area contributed by atoms with Crippen LogP contribution >= 0.6 is 0 Å². The lowest BCUT2D eigenvalue weighted by Gasteiger charge is -2.36. The first-order valence-electron chi connectivity index (χ1n) is 7.77. The summed E-state index contributed by atoms with van der Waals surface area (Å²) < 4.78 is 1.95. The third-order valence-electron chi connectivity index (χ3n) is 4.56. The number of nitrogens with zero attached hydrogens (tertiary/aromatic N) is 3. The van der Waals surface area contributed by atoms with Crippen molar-refractivity contribution in [3.63, 3.8) is 0 Å². The van der Waals surface area contributed by atoms with Crippen LogP contribution in [0.1, 0.15) is 18.9 Å².